The number of sulfonamides is 1. The summed E-state index contributed by atoms with van der Waals surface area (Å²) in [5.41, 5.74) is 0.479. The summed E-state index contributed by atoms with van der Waals surface area (Å²) >= 11 is 0. The average molecular weight is 401 g/mol. The normalized spacial score (nSPS) is 13.6. The summed E-state index contributed by atoms with van der Waals surface area (Å²) in [7, 11) is -2.17. The first-order valence-electron chi connectivity index (χ1n) is 8.26. The van der Waals surface area contributed by atoms with Crippen LogP contribution in [-0.2, 0) is 16.2 Å². The third-order valence-electron chi connectivity index (χ3n) is 4.12. The van der Waals surface area contributed by atoms with Crippen LogP contribution in [0.25, 0.3) is 11.1 Å². The smallest absolute Gasteiger partial charge is 0.416 e. The summed E-state index contributed by atoms with van der Waals surface area (Å²) in [6, 6.07) is 9.44. The first-order chi connectivity index (χ1) is 12.4. The second kappa shape index (κ2) is 7.90. The molecule has 0 fully saturated rings. The second-order valence-electron chi connectivity index (χ2n) is 6.61. The molecular weight excluding hydrogens is 379 g/mol. The van der Waals surface area contributed by atoms with E-state index in [9.17, 15) is 21.6 Å². The van der Waals surface area contributed by atoms with Crippen LogP contribution >= 0.6 is 0 Å². The number of alkyl halides is 3. The number of nitrogens with one attached hydrogen (secondary N) is 1. The zero-order valence-electron chi connectivity index (χ0n) is 15.5. The largest absolute Gasteiger partial charge is 0.496 e. The SMILES string of the molecule is COc1ccccc1-c1ccc(C(F)(F)F)cc1C(NS(C)(=O)=O)C(C)C. The topological polar surface area (TPSA) is 55.4 Å². The van der Waals surface area contributed by atoms with Gasteiger partial charge in [0, 0.05) is 11.6 Å². The molecule has 0 amide bonds. The van der Waals surface area contributed by atoms with Crippen molar-refractivity contribution in [3.8, 4) is 16.9 Å². The zero-order valence-corrected chi connectivity index (χ0v) is 16.3. The van der Waals surface area contributed by atoms with Crippen molar-refractivity contribution in [1.82, 2.24) is 4.72 Å². The van der Waals surface area contributed by atoms with Crippen molar-refractivity contribution in [2.75, 3.05) is 13.4 Å². The van der Waals surface area contributed by atoms with E-state index in [1.54, 1.807) is 38.1 Å². The van der Waals surface area contributed by atoms with Gasteiger partial charge in [-0.05, 0) is 35.2 Å². The van der Waals surface area contributed by atoms with E-state index in [1.807, 2.05) is 0 Å². The zero-order chi connectivity index (χ0) is 20.4. The van der Waals surface area contributed by atoms with E-state index < -0.39 is 27.8 Å². The quantitative estimate of drug-likeness (QED) is 0.768. The van der Waals surface area contributed by atoms with Crippen LogP contribution in [0.4, 0.5) is 13.2 Å². The lowest BCUT2D eigenvalue weighted by Crippen LogP contribution is -2.31. The van der Waals surface area contributed by atoms with E-state index in [4.69, 9.17) is 4.74 Å². The maximum Gasteiger partial charge on any atom is 0.416 e. The highest BCUT2D eigenvalue weighted by Crippen LogP contribution is 2.40. The number of halogens is 3. The molecule has 0 radical (unpaired) electrons. The van der Waals surface area contributed by atoms with Gasteiger partial charge in [-0.25, -0.2) is 13.1 Å². The Morgan fingerprint density at radius 2 is 1.67 bits per heavy atom. The molecular formula is C19H22F3NO3S. The molecule has 2 aromatic rings. The Balaban J connectivity index is 2.77. The third-order valence-corrected chi connectivity index (χ3v) is 4.80. The fourth-order valence-electron chi connectivity index (χ4n) is 2.90. The Hall–Kier alpha value is -2.06. The van der Waals surface area contributed by atoms with E-state index in [2.05, 4.69) is 4.72 Å². The Morgan fingerprint density at radius 3 is 2.19 bits per heavy atom. The number of rotatable bonds is 6. The molecule has 0 aliphatic heterocycles. The van der Waals surface area contributed by atoms with Gasteiger partial charge in [0.1, 0.15) is 5.75 Å². The predicted octanol–water partition coefficient (Wildman–Crippen LogP) is 4.63. The van der Waals surface area contributed by atoms with Crippen LogP contribution in [0.3, 0.4) is 0 Å². The molecule has 1 unspecified atom stereocenters. The molecule has 4 nitrogen and oxygen atoms in total. The molecule has 27 heavy (non-hydrogen) atoms. The highest BCUT2D eigenvalue weighted by molar-refractivity contribution is 7.88. The Labute approximate surface area is 157 Å². The number of methoxy groups -OCH3 is 1. The number of hydrogen-bond donors (Lipinski definition) is 1. The number of ether oxygens (including phenoxy) is 1. The second-order valence-corrected chi connectivity index (χ2v) is 8.39. The molecule has 2 rings (SSSR count). The van der Waals surface area contributed by atoms with Crippen molar-refractivity contribution >= 4 is 10.0 Å². The van der Waals surface area contributed by atoms with Gasteiger partial charge >= 0.3 is 6.18 Å². The maximum atomic E-state index is 13.3. The highest BCUT2D eigenvalue weighted by Gasteiger charge is 2.33. The van der Waals surface area contributed by atoms with Gasteiger partial charge < -0.3 is 4.74 Å². The molecule has 1 atom stereocenters. The summed E-state index contributed by atoms with van der Waals surface area (Å²) in [6.45, 7) is 3.49. The van der Waals surface area contributed by atoms with E-state index in [0.717, 1.165) is 18.4 Å². The fourth-order valence-corrected chi connectivity index (χ4v) is 3.76. The first-order valence-corrected chi connectivity index (χ1v) is 10.1. The van der Waals surface area contributed by atoms with Crippen molar-refractivity contribution < 1.29 is 26.3 Å². The predicted molar refractivity (Wildman–Crippen MR) is 99.0 cm³/mol. The Morgan fingerprint density at radius 1 is 1.04 bits per heavy atom. The first kappa shape index (κ1) is 21.2. The van der Waals surface area contributed by atoms with Crippen LogP contribution in [0.2, 0.25) is 0 Å². The van der Waals surface area contributed by atoms with Crippen molar-refractivity contribution in [1.29, 1.82) is 0 Å². The lowest BCUT2D eigenvalue weighted by Gasteiger charge is -2.26. The summed E-state index contributed by atoms with van der Waals surface area (Å²) < 4.78 is 71.3. The van der Waals surface area contributed by atoms with Gasteiger partial charge in [0.25, 0.3) is 0 Å². The van der Waals surface area contributed by atoms with Gasteiger partial charge in [-0.15, -0.1) is 0 Å². The summed E-state index contributed by atoms with van der Waals surface area (Å²) in [5.74, 6) is 0.206. The Kier molecular flexibility index (Phi) is 6.21. The molecule has 0 saturated carbocycles. The summed E-state index contributed by atoms with van der Waals surface area (Å²) in [5, 5.41) is 0. The molecule has 0 bridgehead atoms. The Bertz CT molecular complexity index is 909. The van der Waals surface area contributed by atoms with Crippen molar-refractivity contribution in [2.45, 2.75) is 26.1 Å². The molecule has 0 saturated heterocycles. The molecule has 0 aliphatic rings. The molecule has 148 valence electrons. The van der Waals surface area contributed by atoms with Crippen LogP contribution in [0.5, 0.6) is 5.75 Å². The summed E-state index contributed by atoms with van der Waals surface area (Å²) in [4.78, 5) is 0. The van der Waals surface area contributed by atoms with Gasteiger partial charge in [0.2, 0.25) is 10.0 Å². The third kappa shape index (κ3) is 5.23. The lowest BCUT2D eigenvalue weighted by atomic mass is 9.88. The molecule has 0 aromatic heterocycles. The van der Waals surface area contributed by atoms with Crippen molar-refractivity contribution in [3.05, 3.63) is 53.6 Å². The van der Waals surface area contributed by atoms with Crippen molar-refractivity contribution in [3.63, 3.8) is 0 Å². The van der Waals surface area contributed by atoms with E-state index in [1.165, 1.54) is 13.2 Å². The van der Waals surface area contributed by atoms with E-state index >= 15 is 0 Å². The summed E-state index contributed by atoms with van der Waals surface area (Å²) in [6.07, 6.45) is -3.56. The molecule has 2 aromatic carbocycles. The van der Waals surface area contributed by atoms with Gasteiger partial charge in [-0.2, -0.15) is 13.2 Å². The van der Waals surface area contributed by atoms with Crippen molar-refractivity contribution in [2.24, 2.45) is 5.92 Å². The van der Waals surface area contributed by atoms with Gasteiger partial charge in [0.15, 0.2) is 0 Å². The minimum Gasteiger partial charge on any atom is -0.496 e. The monoisotopic (exact) mass is 401 g/mol. The number of benzene rings is 2. The van der Waals surface area contributed by atoms with Gasteiger partial charge in [-0.1, -0.05) is 38.1 Å². The lowest BCUT2D eigenvalue weighted by molar-refractivity contribution is -0.137. The number of hydrogen-bond acceptors (Lipinski definition) is 3. The number of para-hydroxylation sites is 1. The minimum absolute atomic E-state index is 0.245. The van der Waals surface area contributed by atoms with E-state index in [-0.39, 0.29) is 11.5 Å². The molecule has 8 heteroatoms. The van der Waals surface area contributed by atoms with Crippen LogP contribution in [0.1, 0.15) is 31.0 Å². The van der Waals surface area contributed by atoms with Crippen LogP contribution in [0.15, 0.2) is 42.5 Å². The average Bonchev–Trinajstić information content (AvgIpc) is 2.57. The minimum atomic E-state index is -4.54. The van der Waals surface area contributed by atoms with E-state index in [0.29, 0.717) is 16.9 Å². The maximum absolute atomic E-state index is 13.3. The fraction of sp³-hybridized carbons (Fsp3) is 0.368. The molecule has 1 N–H and O–H groups in total. The molecule has 0 heterocycles. The van der Waals surface area contributed by atoms with Crippen LogP contribution < -0.4 is 9.46 Å². The molecule has 0 aliphatic carbocycles. The highest BCUT2D eigenvalue weighted by atomic mass is 32.2. The van der Waals surface area contributed by atoms with Crippen LogP contribution in [-0.4, -0.2) is 21.8 Å². The standard InChI is InChI=1S/C19H22F3NO3S/c1-12(2)18(23-27(4,24)25)16-11-13(19(20,21)22)9-10-14(16)15-7-5-6-8-17(15)26-3/h5-12,18,23H,1-4H3. The van der Waals surface area contributed by atoms with Crippen LogP contribution in [0, 0.1) is 5.92 Å². The molecule has 0 spiro atoms. The van der Waals surface area contributed by atoms with Gasteiger partial charge in [-0.3, -0.25) is 0 Å². The van der Waals surface area contributed by atoms with Gasteiger partial charge in [0.05, 0.1) is 18.9 Å².